The molecule has 3 rings (SSSR count). The summed E-state index contributed by atoms with van der Waals surface area (Å²) in [6.07, 6.45) is 3.26. The predicted octanol–water partition coefficient (Wildman–Crippen LogP) is 1.69. The van der Waals surface area contributed by atoms with Gasteiger partial charge >= 0.3 is 6.03 Å². The maximum Gasteiger partial charge on any atom is 0.325 e. The number of carbonyl (C=O) groups is 3. The highest BCUT2D eigenvalue weighted by Gasteiger charge is 2.54. The van der Waals surface area contributed by atoms with E-state index in [0.29, 0.717) is 6.42 Å². The van der Waals surface area contributed by atoms with E-state index in [1.807, 2.05) is 6.92 Å². The summed E-state index contributed by atoms with van der Waals surface area (Å²) in [5, 5.41) is 14.1. The molecule has 1 heterocycles. The van der Waals surface area contributed by atoms with Gasteiger partial charge in [0.2, 0.25) is 5.91 Å². The van der Waals surface area contributed by atoms with Crippen LogP contribution in [0.1, 0.15) is 48.5 Å². The van der Waals surface area contributed by atoms with E-state index in [-0.39, 0.29) is 35.2 Å². The Hall–Kier alpha value is -2.97. The van der Waals surface area contributed by atoms with Gasteiger partial charge in [0.25, 0.3) is 11.6 Å². The minimum atomic E-state index is -0.919. The molecule has 3 N–H and O–H groups in total. The van der Waals surface area contributed by atoms with Gasteiger partial charge in [0.15, 0.2) is 0 Å². The highest BCUT2D eigenvalue weighted by atomic mass is 16.6. The first-order valence-electron chi connectivity index (χ1n) is 8.47. The molecule has 1 aliphatic heterocycles. The van der Waals surface area contributed by atoms with Gasteiger partial charge in [-0.25, -0.2) is 4.79 Å². The minimum absolute atomic E-state index is 0.00456. The van der Waals surface area contributed by atoms with Gasteiger partial charge in [0.1, 0.15) is 5.54 Å². The number of nitro groups is 1. The van der Waals surface area contributed by atoms with E-state index < -0.39 is 22.4 Å². The molecule has 1 spiro atoms. The number of nitrogens with one attached hydrogen (secondary N) is 1. The van der Waals surface area contributed by atoms with Crippen molar-refractivity contribution in [1.29, 1.82) is 0 Å². The van der Waals surface area contributed by atoms with Crippen molar-refractivity contribution in [1.82, 2.24) is 10.2 Å². The normalized spacial score (nSPS) is 25.4. The largest absolute Gasteiger partial charge is 0.366 e. The van der Waals surface area contributed by atoms with Crippen molar-refractivity contribution < 1.29 is 19.3 Å². The molecular weight excluding hydrogens is 340 g/mol. The van der Waals surface area contributed by atoms with Gasteiger partial charge in [-0.15, -0.1) is 0 Å². The van der Waals surface area contributed by atoms with Crippen molar-refractivity contribution in [3.8, 4) is 0 Å². The van der Waals surface area contributed by atoms with Crippen molar-refractivity contribution in [2.75, 3.05) is 0 Å². The van der Waals surface area contributed by atoms with Crippen molar-refractivity contribution in [3.05, 3.63) is 39.4 Å². The minimum Gasteiger partial charge on any atom is -0.366 e. The molecule has 9 nitrogen and oxygen atoms in total. The number of amides is 4. The summed E-state index contributed by atoms with van der Waals surface area (Å²) in [4.78, 5) is 48.3. The second-order valence-corrected chi connectivity index (χ2v) is 6.90. The fourth-order valence-electron chi connectivity index (χ4n) is 3.83. The van der Waals surface area contributed by atoms with E-state index in [1.54, 1.807) is 0 Å². The highest BCUT2D eigenvalue weighted by molar-refractivity contribution is 6.07. The zero-order chi connectivity index (χ0) is 19.1. The lowest BCUT2D eigenvalue weighted by Gasteiger charge is -2.36. The third-order valence-electron chi connectivity index (χ3n) is 5.40. The molecule has 9 heteroatoms. The van der Waals surface area contributed by atoms with Crippen LogP contribution >= 0.6 is 0 Å². The smallest absolute Gasteiger partial charge is 0.325 e. The number of urea groups is 1. The van der Waals surface area contributed by atoms with E-state index in [2.05, 4.69) is 5.32 Å². The molecule has 1 aromatic rings. The first-order chi connectivity index (χ1) is 12.3. The summed E-state index contributed by atoms with van der Waals surface area (Å²) < 4.78 is 0. The number of nitro benzene ring substituents is 1. The molecule has 2 aliphatic rings. The van der Waals surface area contributed by atoms with E-state index >= 15 is 0 Å². The summed E-state index contributed by atoms with van der Waals surface area (Å²) in [7, 11) is 0. The van der Waals surface area contributed by atoms with Gasteiger partial charge in [-0.05, 0) is 30.9 Å². The average Bonchev–Trinajstić information content (AvgIpc) is 2.82. The predicted molar refractivity (Wildman–Crippen MR) is 91.1 cm³/mol. The number of carbonyl (C=O) groups excluding carboxylic acids is 3. The molecule has 0 bridgehead atoms. The number of benzene rings is 1. The zero-order valence-electron chi connectivity index (χ0n) is 14.4. The van der Waals surface area contributed by atoms with Crippen molar-refractivity contribution in [2.45, 2.75) is 44.7 Å². The number of nitrogens with zero attached hydrogens (tertiary/aromatic N) is 2. The van der Waals surface area contributed by atoms with E-state index in [9.17, 15) is 24.5 Å². The van der Waals surface area contributed by atoms with Crippen LogP contribution in [0.2, 0.25) is 0 Å². The third kappa shape index (κ3) is 2.79. The quantitative estimate of drug-likeness (QED) is 0.478. The molecule has 2 atom stereocenters. The Balaban J connectivity index is 1.92. The molecule has 0 radical (unpaired) electrons. The maximum atomic E-state index is 13.0. The maximum absolute atomic E-state index is 13.0. The summed E-state index contributed by atoms with van der Waals surface area (Å²) in [6.45, 7) is 1.71. The molecule has 138 valence electrons. The molecule has 1 aromatic carbocycles. The average molecular weight is 360 g/mol. The molecule has 1 aliphatic carbocycles. The van der Waals surface area contributed by atoms with Crippen molar-refractivity contribution in [2.24, 2.45) is 11.7 Å². The van der Waals surface area contributed by atoms with Gasteiger partial charge in [-0.1, -0.05) is 19.8 Å². The Labute approximate surface area is 149 Å². The van der Waals surface area contributed by atoms with Gasteiger partial charge in [-0.2, -0.15) is 0 Å². The van der Waals surface area contributed by atoms with Gasteiger partial charge in [0, 0.05) is 17.2 Å². The number of imide groups is 1. The van der Waals surface area contributed by atoms with E-state index in [0.717, 1.165) is 30.2 Å². The fraction of sp³-hybridized carbons (Fsp3) is 0.471. The first kappa shape index (κ1) is 17.8. The number of rotatable bonds is 4. The van der Waals surface area contributed by atoms with Crippen molar-refractivity contribution in [3.63, 3.8) is 0 Å². The second kappa shape index (κ2) is 6.40. The number of primary amides is 1. The first-order valence-corrected chi connectivity index (χ1v) is 8.47. The van der Waals surface area contributed by atoms with Crippen LogP contribution in [-0.4, -0.2) is 33.2 Å². The Kier molecular flexibility index (Phi) is 4.39. The monoisotopic (exact) mass is 360 g/mol. The molecule has 0 unspecified atom stereocenters. The molecule has 1 saturated heterocycles. The lowest BCUT2D eigenvalue weighted by atomic mass is 9.73. The summed E-state index contributed by atoms with van der Waals surface area (Å²) in [5.74, 6) is -1.13. The number of hydrogen-bond donors (Lipinski definition) is 2. The van der Waals surface area contributed by atoms with Gasteiger partial charge in [0.05, 0.1) is 11.5 Å². The Bertz CT molecular complexity index is 808. The Morgan fingerprint density at radius 2 is 2.15 bits per heavy atom. The lowest BCUT2D eigenvalue weighted by Crippen LogP contribution is -2.53. The fourth-order valence-corrected chi connectivity index (χ4v) is 3.83. The van der Waals surface area contributed by atoms with E-state index in [4.69, 9.17) is 5.73 Å². The zero-order valence-corrected chi connectivity index (χ0v) is 14.4. The van der Waals surface area contributed by atoms with Crippen LogP contribution in [0.4, 0.5) is 10.5 Å². The molecule has 2 fully saturated rings. The number of nitrogens with two attached hydrogens (primary N) is 1. The van der Waals surface area contributed by atoms with Crippen LogP contribution in [-0.2, 0) is 11.3 Å². The van der Waals surface area contributed by atoms with E-state index in [1.165, 1.54) is 12.1 Å². The highest BCUT2D eigenvalue weighted by Crippen LogP contribution is 2.39. The van der Waals surface area contributed by atoms with Crippen LogP contribution < -0.4 is 11.1 Å². The lowest BCUT2D eigenvalue weighted by molar-refractivity contribution is -0.385. The Morgan fingerprint density at radius 1 is 1.42 bits per heavy atom. The van der Waals surface area contributed by atoms with Crippen LogP contribution in [0.5, 0.6) is 0 Å². The topological polar surface area (TPSA) is 136 Å². The molecule has 0 aromatic heterocycles. The Morgan fingerprint density at radius 3 is 2.77 bits per heavy atom. The molecule has 26 heavy (non-hydrogen) atoms. The van der Waals surface area contributed by atoms with Crippen LogP contribution in [0.3, 0.4) is 0 Å². The molecular formula is C17H20N4O5. The van der Waals surface area contributed by atoms with Gasteiger partial charge in [-0.3, -0.25) is 24.6 Å². The standard InChI is InChI=1S/C17H20N4O5/c1-10-4-2-3-7-17(10)15(23)20(16(24)19-17)9-12-6-5-11(14(18)22)8-13(12)21(25)26/h5-6,8,10H,2-4,7,9H2,1H3,(H2,18,22)(H,19,24)/t10-,17-/m0/s1. The molecule has 1 saturated carbocycles. The summed E-state index contributed by atoms with van der Waals surface area (Å²) in [6, 6.07) is 3.22. The molecule has 4 amide bonds. The third-order valence-corrected chi connectivity index (χ3v) is 5.40. The summed E-state index contributed by atoms with van der Waals surface area (Å²) >= 11 is 0. The van der Waals surface area contributed by atoms with Gasteiger partial charge < -0.3 is 11.1 Å². The van der Waals surface area contributed by atoms with Crippen LogP contribution in [0.15, 0.2) is 18.2 Å². The van der Waals surface area contributed by atoms with Crippen molar-refractivity contribution >= 4 is 23.5 Å². The number of hydrogen-bond acceptors (Lipinski definition) is 5. The SMILES string of the molecule is C[C@H]1CCCC[C@]12NC(=O)N(Cc1ccc(C(N)=O)cc1[N+](=O)[O-])C2=O. The second-order valence-electron chi connectivity index (χ2n) is 6.90. The van der Waals surface area contributed by atoms with Crippen LogP contribution in [0, 0.1) is 16.0 Å². The summed E-state index contributed by atoms with van der Waals surface area (Å²) in [5.41, 5.74) is 4.06. The van der Waals surface area contributed by atoms with Crippen LogP contribution in [0.25, 0.3) is 0 Å².